The summed E-state index contributed by atoms with van der Waals surface area (Å²) in [4.78, 5) is 14.9. The third kappa shape index (κ3) is 2.45. The minimum Gasteiger partial charge on any atom is -0.338 e. The Kier molecular flexibility index (Phi) is 3.45. The lowest BCUT2D eigenvalue weighted by molar-refractivity contribution is 0.0731. The van der Waals surface area contributed by atoms with E-state index in [9.17, 15) is 4.79 Å². The van der Waals surface area contributed by atoms with Crippen LogP contribution in [0.2, 0.25) is 5.02 Å². The topological polar surface area (TPSA) is 38.1 Å². The van der Waals surface area contributed by atoms with Crippen LogP contribution < -0.4 is 0 Å². The van der Waals surface area contributed by atoms with Gasteiger partial charge in [-0.05, 0) is 49.8 Å². The standard InChI is InChI=1S/C18H20ClN3O/c1-13-16(11-20-22(13)15-5-2-4-14(19)10-15)17(23)21-9-8-18(12-21)6-3-7-18/h2,4-5,10-11H,3,6-9,12H2,1H3. The van der Waals surface area contributed by atoms with E-state index < -0.39 is 0 Å². The van der Waals surface area contributed by atoms with Crippen molar-refractivity contribution in [3.63, 3.8) is 0 Å². The zero-order chi connectivity index (χ0) is 16.0. The van der Waals surface area contributed by atoms with Crippen LogP contribution in [-0.4, -0.2) is 33.7 Å². The van der Waals surface area contributed by atoms with Gasteiger partial charge in [0.05, 0.1) is 23.1 Å². The first kappa shape index (κ1) is 14.8. The van der Waals surface area contributed by atoms with Crippen LogP contribution in [0.1, 0.15) is 41.7 Å². The number of aromatic nitrogens is 2. The normalized spacial score (nSPS) is 19.1. The van der Waals surface area contributed by atoms with E-state index in [2.05, 4.69) is 5.10 Å². The molecule has 2 fully saturated rings. The van der Waals surface area contributed by atoms with E-state index in [0.29, 0.717) is 16.0 Å². The van der Waals surface area contributed by atoms with Crippen molar-refractivity contribution in [3.8, 4) is 5.69 Å². The van der Waals surface area contributed by atoms with E-state index in [4.69, 9.17) is 11.6 Å². The number of likely N-dealkylation sites (tertiary alicyclic amines) is 1. The average Bonchev–Trinajstić information content (AvgIpc) is 3.10. The summed E-state index contributed by atoms with van der Waals surface area (Å²) < 4.78 is 1.79. The molecule has 120 valence electrons. The SMILES string of the molecule is Cc1c(C(=O)N2CCC3(CCC3)C2)cnn1-c1cccc(Cl)c1. The fraction of sp³-hybridized carbons (Fsp3) is 0.444. The molecule has 1 amide bonds. The van der Waals surface area contributed by atoms with E-state index in [1.54, 1.807) is 10.9 Å². The predicted molar refractivity (Wildman–Crippen MR) is 90.1 cm³/mol. The first-order valence-electron chi connectivity index (χ1n) is 8.18. The molecule has 1 aromatic carbocycles. The van der Waals surface area contributed by atoms with Crippen molar-refractivity contribution in [2.75, 3.05) is 13.1 Å². The van der Waals surface area contributed by atoms with Gasteiger partial charge in [-0.15, -0.1) is 0 Å². The van der Waals surface area contributed by atoms with Crippen molar-refractivity contribution in [2.45, 2.75) is 32.6 Å². The van der Waals surface area contributed by atoms with Gasteiger partial charge in [-0.25, -0.2) is 4.68 Å². The molecule has 0 N–H and O–H groups in total. The number of hydrogen-bond donors (Lipinski definition) is 0. The van der Waals surface area contributed by atoms with E-state index in [1.807, 2.05) is 36.1 Å². The second kappa shape index (κ2) is 5.38. The van der Waals surface area contributed by atoms with Crippen molar-refractivity contribution in [2.24, 2.45) is 5.41 Å². The van der Waals surface area contributed by atoms with Crippen LogP contribution in [0.4, 0.5) is 0 Å². The lowest BCUT2D eigenvalue weighted by Gasteiger charge is -2.37. The van der Waals surface area contributed by atoms with Gasteiger partial charge in [-0.1, -0.05) is 24.1 Å². The third-order valence-corrected chi connectivity index (χ3v) is 5.67. The maximum absolute atomic E-state index is 12.9. The van der Waals surface area contributed by atoms with Gasteiger partial charge in [0.1, 0.15) is 0 Å². The van der Waals surface area contributed by atoms with Crippen molar-refractivity contribution < 1.29 is 4.79 Å². The van der Waals surface area contributed by atoms with Crippen LogP contribution in [0.5, 0.6) is 0 Å². The number of benzene rings is 1. The molecule has 2 aliphatic rings. The summed E-state index contributed by atoms with van der Waals surface area (Å²) in [6.45, 7) is 3.73. The Hall–Kier alpha value is -1.81. The summed E-state index contributed by atoms with van der Waals surface area (Å²) in [5, 5.41) is 5.06. The first-order chi connectivity index (χ1) is 11.1. The molecule has 5 heteroatoms. The number of carbonyl (C=O) groups excluding carboxylic acids is 1. The molecule has 1 saturated carbocycles. The highest BCUT2D eigenvalue weighted by molar-refractivity contribution is 6.30. The summed E-state index contributed by atoms with van der Waals surface area (Å²) in [7, 11) is 0. The Morgan fingerprint density at radius 1 is 1.30 bits per heavy atom. The van der Waals surface area contributed by atoms with Crippen LogP contribution in [0.3, 0.4) is 0 Å². The number of amides is 1. The van der Waals surface area contributed by atoms with Crippen LogP contribution in [0.25, 0.3) is 5.69 Å². The minimum atomic E-state index is 0.111. The number of hydrogen-bond acceptors (Lipinski definition) is 2. The second-order valence-corrected chi connectivity index (χ2v) is 7.30. The van der Waals surface area contributed by atoms with Crippen molar-refractivity contribution in [1.82, 2.24) is 14.7 Å². The highest BCUT2D eigenvalue weighted by Gasteiger charge is 2.44. The van der Waals surface area contributed by atoms with E-state index >= 15 is 0 Å². The Bertz CT molecular complexity index is 763. The predicted octanol–water partition coefficient (Wildman–Crippen LogP) is 3.85. The van der Waals surface area contributed by atoms with E-state index in [1.165, 1.54) is 19.3 Å². The van der Waals surface area contributed by atoms with Gasteiger partial charge in [0.2, 0.25) is 0 Å². The largest absolute Gasteiger partial charge is 0.338 e. The maximum atomic E-state index is 12.9. The summed E-state index contributed by atoms with van der Waals surface area (Å²) in [5.74, 6) is 0.111. The first-order valence-corrected chi connectivity index (χ1v) is 8.56. The third-order valence-electron chi connectivity index (χ3n) is 5.43. The minimum absolute atomic E-state index is 0.111. The molecule has 0 unspecified atom stereocenters. The van der Waals surface area contributed by atoms with Gasteiger partial charge in [0.25, 0.3) is 5.91 Å². The van der Waals surface area contributed by atoms with Crippen molar-refractivity contribution >= 4 is 17.5 Å². The number of carbonyl (C=O) groups is 1. The van der Waals surface area contributed by atoms with Gasteiger partial charge >= 0.3 is 0 Å². The lowest BCUT2D eigenvalue weighted by atomic mass is 9.68. The molecule has 1 aliphatic carbocycles. The molecule has 1 aliphatic heterocycles. The molecule has 1 saturated heterocycles. The molecule has 2 heterocycles. The molecule has 4 rings (SSSR count). The van der Waals surface area contributed by atoms with Crippen molar-refractivity contribution in [3.05, 3.63) is 46.7 Å². The fourth-order valence-corrected chi connectivity index (χ4v) is 4.04. The molecular weight excluding hydrogens is 310 g/mol. The van der Waals surface area contributed by atoms with Gasteiger partial charge in [-0.2, -0.15) is 5.10 Å². The Morgan fingerprint density at radius 2 is 2.13 bits per heavy atom. The van der Waals surface area contributed by atoms with Crippen LogP contribution >= 0.6 is 11.6 Å². The molecule has 0 atom stereocenters. The maximum Gasteiger partial charge on any atom is 0.257 e. The van der Waals surface area contributed by atoms with E-state index in [-0.39, 0.29) is 5.91 Å². The molecule has 1 aromatic heterocycles. The van der Waals surface area contributed by atoms with Crippen LogP contribution in [0, 0.1) is 12.3 Å². The second-order valence-electron chi connectivity index (χ2n) is 6.87. The molecular formula is C18H20ClN3O. The lowest BCUT2D eigenvalue weighted by Crippen LogP contribution is -2.35. The molecule has 1 spiro atoms. The van der Waals surface area contributed by atoms with Gasteiger partial charge in [-0.3, -0.25) is 4.79 Å². The summed E-state index contributed by atoms with van der Waals surface area (Å²) >= 11 is 6.06. The fourth-order valence-electron chi connectivity index (χ4n) is 3.85. The summed E-state index contributed by atoms with van der Waals surface area (Å²) in [5.41, 5.74) is 2.87. The highest BCUT2D eigenvalue weighted by Crippen LogP contribution is 2.48. The Labute approximate surface area is 141 Å². The summed E-state index contributed by atoms with van der Waals surface area (Å²) in [6.07, 6.45) is 6.70. The van der Waals surface area contributed by atoms with Gasteiger partial charge in [0.15, 0.2) is 0 Å². The average molecular weight is 330 g/mol. The van der Waals surface area contributed by atoms with Gasteiger partial charge in [0, 0.05) is 18.1 Å². The van der Waals surface area contributed by atoms with Crippen molar-refractivity contribution in [1.29, 1.82) is 0 Å². The Morgan fingerprint density at radius 3 is 2.78 bits per heavy atom. The molecule has 4 nitrogen and oxygen atoms in total. The number of rotatable bonds is 2. The number of nitrogens with zero attached hydrogens (tertiary/aromatic N) is 3. The summed E-state index contributed by atoms with van der Waals surface area (Å²) in [6, 6.07) is 7.52. The molecule has 23 heavy (non-hydrogen) atoms. The molecule has 0 bridgehead atoms. The van der Waals surface area contributed by atoms with Gasteiger partial charge < -0.3 is 4.90 Å². The molecule has 2 aromatic rings. The van der Waals surface area contributed by atoms with Crippen LogP contribution in [-0.2, 0) is 0 Å². The van der Waals surface area contributed by atoms with Crippen LogP contribution in [0.15, 0.2) is 30.5 Å². The Balaban J connectivity index is 1.59. The van der Waals surface area contributed by atoms with E-state index in [0.717, 1.165) is 30.9 Å². The quantitative estimate of drug-likeness (QED) is 0.839. The smallest absolute Gasteiger partial charge is 0.257 e. The molecule has 0 radical (unpaired) electrons. The zero-order valence-electron chi connectivity index (χ0n) is 13.3. The number of halogens is 1. The highest BCUT2D eigenvalue weighted by atomic mass is 35.5. The monoisotopic (exact) mass is 329 g/mol. The zero-order valence-corrected chi connectivity index (χ0v) is 14.0.